The molecule has 1 aromatic heterocycles. The summed E-state index contributed by atoms with van der Waals surface area (Å²) in [6.45, 7) is 5.41. The molecule has 3 rings (SSSR count). The topological polar surface area (TPSA) is 29.3 Å². The Labute approximate surface area is 122 Å². The smallest absolute Gasteiger partial charge is 0.159 e. The Kier molecular flexibility index (Phi) is 3.76. The van der Waals surface area contributed by atoms with Crippen LogP contribution in [0.5, 0.6) is 0 Å². The summed E-state index contributed by atoms with van der Waals surface area (Å²) in [6, 6.07) is 4.34. The second-order valence-corrected chi connectivity index (χ2v) is 5.61. The van der Waals surface area contributed by atoms with Crippen LogP contribution in [0.2, 0.25) is 0 Å². The number of hydrogen-bond donors (Lipinski definition) is 0. The molecule has 2 aromatic rings. The normalized spacial score (nSPS) is 19.3. The fourth-order valence-corrected chi connectivity index (χ4v) is 3.18. The van der Waals surface area contributed by atoms with E-state index in [1.165, 1.54) is 12.1 Å². The zero-order chi connectivity index (χ0) is 15.0. The molecule has 3 nitrogen and oxygen atoms in total. The van der Waals surface area contributed by atoms with Crippen LogP contribution in [0.4, 0.5) is 8.78 Å². The van der Waals surface area contributed by atoms with Crippen molar-refractivity contribution < 1.29 is 13.3 Å². The van der Waals surface area contributed by atoms with Gasteiger partial charge in [-0.3, -0.25) is 4.90 Å². The van der Waals surface area contributed by atoms with Crippen LogP contribution in [0.1, 0.15) is 41.5 Å². The molecule has 21 heavy (non-hydrogen) atoms. The minimum Gasteiger partial charge on any atom is -0.361 e. The quantitative estimate of drug-likeness (QED) is 0.859. The fourth-order valence-electron chi connectivity index (χ4n) is 3.18. The van der Waals surface area contributed by atoms with Gasteiger partial charge in [0.1, 0.15) is 5.76 Å². The molecule has 2 heterocycles. The Hall–Kier alpha value is -1.75. The van der Waals surface area contributed by atoms with Crippen molar-refractivity contribution in [3.63, 3.8) is 0 Å². The maximum absolute atomic E-state index is 13.3. The maximum Gasteiger partial charge on any atom is 0.159 e. The largest absolute Gasteiger partial charge is 0.361 e. The zero-order valence-electron chi connectivity index (χ0n) is 12.2. The highest BCUT2D eigenvalue weighted by Crippen LogP contribution is 2.36. The van der Waals surface area contributed by atoms with Gasteiger partial charge in [-0.25, -0.2) is 8.78 Å². The van der Waals surface area contributed by atoms with Crippen molar-refractivity contribution in [2.45, 2.75) is 39.3 Å². The summed E-state index contributed by atoms with van der Waals surface area (Å²) in [4.78, 5) is 2.28. The van der Waals surface area contributed by atoms with E-state index in [0.717, 1.165) is 42.0 Å². The molecule has 1 aliphatic rings. The van der Waals surface area contributed by atoms with Gasteiger partial charge in [0.2, 0.25) is 0 Å². The first-order valence-electron chi connectivity index (χ1n) is 7.17. The molecule has 0 radical (unpaired) electrons. The first-order chi connectivity index (χ1) is 10.1. The van der Waals surface area contributed by atoms with Crippen LogP contribution in [0.15, 0.2) is 22.7 Å². The third kappa shape index (κ3) is 2.70. The van der Waals surface area contributed by atoms with Gasteiger partial charge in [-0.1, -0.05) is 11.2 Å². The monoisotopic (exact) mass is 292 g/mol. The molecule has 0 aliphatic carbocycles. The zero-order valence-corrected chi connectivity index (χ0v) is 12.2. The first-order valence-corrected chi connectivity index (χ1v) is 7.17. The van der Waals surface area contributed by atoms with E-state index < -0.39 is 11.6 Å². The summed E-state index contributed by atoms with van der Waals surface area (Å²) in [5.41, 5.74) is 2.83. The molecule has 112 valence electrons. The van der Waals surface area contributed by atoms with E-state index in [-0.39, 0.29) is 6.04 Å². The number of nitrogens with zero attached hydrogens (tertiary/aromatic N) is 2. The number of benzene rings is 1. The third-order valence-electron chi connectivity index (χ3n) is 4.16. The van der Waals surface area contributed by atoms with E-state index in [4.69, 9.17) is 4.52 Å². The van der Waals surface area contributed by atoms with Gasteiger partial charge in [0.05, 0.1) is 5.69 Å². The second kappa shape index (κ2) is 5.56. The molecule has 1 fully saturated rings. The predicted molar refractivity (Wildman–Crippen MR) is 74.7 cm³/mol. The molecule has 1 aliphatic heterocycles. The minimum atomic E-state index is -0.803. The number of halogens is 2. The lowest BCUT2D eigenvalue weighted by molar-refractivity contribution is 0.245. The highest BCUT2D eigenvalue weighted by molar-refractivity contribution is 5.27. The van der Waals surface area contributed by atoms with Gasteiger partial charge >= 0.3 is 0 Å². The number of aromatic nitrogens is 1. The van der Waals surface area contributed by atoms with Crippen LogP contribution in [-0.2, 0) is 6.54 Å². The van der Waals surface area contributed by atoms with Gasteiger partial charge in [0, 0.05) is 18.2 Å². The lowest BCUT2D eigenvalue weighted by Crippen LogP contribution is -2.23. The standard InChI is InChI=1S/C16H18F2N2O/c1-10-16(11(2)21-19-10)15-4-3-7-20(15)9-12-5-6-13(17)14(18)8-12/h5-6,8,15H,3-4,7,9H2,1-2H3. The van der Waals surface area contributed by atoms with Gasteiger partial charge in [-0.05, 0) is 50.9 Å². The highest BCUT2D eigenvalue weighted by atomic mass is 19.2. The van der Waals surface area contributed by atoms with Crippen LogP contribution in [0.3, 0.4) is 0 Å². The van der Waals surface area contributed by atoms with Crippen molar-refractivity contribution in [2.24, 2.45) is 0 Å². The van der Waals surface area contributed by atoms with E-state index in [2.05, 4.69) is 10.1 Å². The average Bonchev–Trinajstić information content (AvgIpc) is 3.01. The molecule has 0 amide bonds. The molecule has 0 spiro atoms. The SMILES string of the molecule is Cc1noc(C)c1C1CCCN1Cc1ccc(F)c(F)c1. The Morgan fingerprint density at radius 1 is 1.29 bits per heavy atom. The molecule has 0 saturated carbocycles. The minimum absolute atomic E-state index is 0.240. The molecule has 1 unspecified atom stereocenters. The summed E-state index contributed by atoms with van der Waals surface area (Å²) in [5.74, 6) is -0.752. The lowest BCUT2D eigenvalue weighted by atomic mass is 10.0. The van der Waals surface area contributed by atoms with Crippen molar-refractivity contribution >= 4 is 0 Å². The second-order valence-electron chi connectivity index (χ2n) is 5.61. The predicted octanol–water partition coefficient (Wildman–Crippen LogP) is 3.91. The third-order valence-corrected chi connectivity index (χ3v) is 4.16. The summed E-state index contributed by atoms with van der Waals surface area (Å²) >= 11 is 0. The highest BCUT2D eigenvalue weighted by Gasteiger charge is 2.30. The van der Waals surface area contributed by atoms with Gasteiger partial charge in [-0.15, -0.1) is 0 Å². The van der Waals surface area contributed by atoms with Gasteiger partial charge in [0.25, 0.3) is 0 Å². The Morgan fingerprint density at radius 3 is 2.76 bits per heavy atom. The van der Waals surface area contributed by atoms with E-state index in [9.17, 15) is 8.78 Å². The van der Waals surface area contributed by atoms with Crippen LogP contribution in [0, 0.1) is 25.5 Å². The molecule has 0 bridgehead atoms. The number of likely N-dealkylation sites (tertiary alicyclic amines) is 1. The molecule has 1 aromatic carbocycles. The lowest BCUT2D eigenvalue weighted by Gasteiger charge is -2.24. The van der Waals surface area contributed by atoms with Crippen molar-refractivity contribution in [2.75, 3.05) is 6.54 Å². The van der Waals surface area contributed by atoms with Crippen LogP contribution < -0.4 is 0 Å². The molecular formula is C16H18F2N2O. The summed E-state index contributed by atoms with van der Waals surface area (Å²) < 4.78 is 31.6. The van der Waals surface area contributed by atoms with E-state index in [0.29, 0.717) is 6.54 Å². The van der Waals surface area contributed by atoms with Gasteiger partial charge < -0.3 is 4.52 Å². The summed E-state index contributed by atoms with van der Waals surface area (Å²) in [6.07, 6.45) is 2.12. The Bertz CT molecular complexity index is 634. The number of hydrogen-bond acceptors (Lipinski definition) is 3. The van der Waals surface area contributed by atoms with Crippen molar-refractivity contribution in [3.05, 3.63) is 52.4 Å². The number of rotatable bonds is 3. The van der Waals surface area contributed by atoms with Crippen LogP contribution in [0.25, 0.3) is 0 Å². The van der Waals surface area contributed by atoms with Gasteiger partial charge in [0.15, 0.2) is 11.6 Å². The van der Waals surface area contributed by atoms with E-state index in [1.54, 1.807) is 6.07 Å². The molecule has 5 heteroatoms. The summed E-state index contributed by atoms with van der Waals surface area (Å²) in [5, 5.41) is 4.02. The van der Waals surface area contributed by atoms with Crippen molar-refractivity contribution in [1.29, 1.82) is 0 Å². The van der Waals surface area contributed by atoms with Crippen LogP contribution in [-0.4, -0.2) is 16.6 Å². The van der Waals surface area contributed by atoms with Crippen molar-refractivity contribution in [1.82, 2.24) is 10.1 Å². The fraction of sp³-hybridized carbons (Fsp3) is 0.438. The maximum atomic E-state index is 13.3. The van der Waals surface area contributed by atoms with Crippen LogP contribution >= 0.6 is 0 Å². The number of aryl methyl sites for hydroxylation is 2. The van der Waals surface area contributed by atoms with E-state index >= 15 is 0 Å². The Morgan fingerprint density at radius 2 is 2.10 bits per heavy atom. The van der Waals surface area contributed by atoms with Crippen molar-refractivity contribution in [3.8, 4) is 0 Å². The Balaban J connectivity index is 1.83. The molecule has 0 N–H and O–H groups in total. The molecule has 1 saturated heterocycles. The molecule has 1 atom stereocenters. The van der Waals surface area contributed by atoms with E-state index in [1.807, 2.05) is 13.8 Å². The average molecular weight is 292 g/mol. The van der Waals surface area contributed by atoms with Gasteiger partial charge in [-0.2, -0.15) is 0 Å². The first kappa shape index (κ1) is 14.2. The molecular weight excluding hydrogens is 274 g/mol. The summed E-state index contributed by atoms with van der Waals surface area (Å²) in [7, 11) is 0.